The predicted octanol–water partition coefficient (Wildman–Crippen LogP) is 1.81. The van der Waals surface area contributed by atoms with Crippen LogP contribution >= 0.6 is 0 Å². The van der Waals surface area contributed by atoms with Gasteiger partial charge in [-0.2, -0.15) is 5.10 Å². The van der Waals surface area contributed by atoms with E-state index in [4.69, 9.17) is 4.74 Å². The molecule has 0 amide bonds. The first kappa shape index (κ1) is 22.6. The molecule has 1 N–H and O–H groups in total. The van der Waals surface area contributed by atoms with E-state index in [0.29, 0.717) is 6.61 Å². The lowest BCUT2D eigenvalue weighted by molar-refractivity contribution is -0.00805. The third kappa shape index (κ3) is 5.24. The molecule has 1 atom stereocenters. The Labute approximate surface area is 191 Å². The second-order valence-corrected chi connectivity index (χ2v) is 8.77. The Kier molecular flexibility index (Phi) is 7.32. The maximum atomic E-state index is 5.97. The quantitative estimate of drug-likeness (QED) is 0.566. The molecular weight excluding hydrogens is 402 g/mol. The van der Waals surface area contributed by atoms with Crippen LogP contribution in [0.4, 0.5) is 5.69 Å². The Bertz CT molecular complexity index is 917. The van der Waals surface area contributed by atoms with Gasteiger partial charge in [-0.25, -0.2) is 0 Å². The fourth-order valence-corrected chi connectivity index (χ4v) is 4.60. The van der Waals surface area contributed by atoms with Gasteiger partial charge in [-0.05, 0) is 31.0 Å². The maximum Gasteiger partial charge on any atom is 0.193 e. The van der Waals surface area contributed by atoms with E-state index in [1.54, 1.807) is 0 Å². The zero-order valence-electron chi connectivity index (χ0n) is 19.9. The molecule has 4 rings (SSSR count). The van der Waals surface area contributed by atoms with E-state index in [9.17, 15) is 0 Å². The highest BCUT2D eigenvalue weighted by Crippen LogP contribution is 2.24. The molecule has 0 aliphatic carbocycles. The van der Waals surface area contributed by atoms with Gasteiger partial charge < -0.3 is 19.9 Å². The maximum absolute atomic E-state index is 5.97. The summed E-state index contributed by atoms with van der Waals surface area (Å²) in [5, 5.41) is 7.85. The highest BCUT2D eigenvalue weighted by Gasteiger charge is 2.25. The van der Waals surface area contributed by atoms with Crippen LogP contribution < -0.4 is 10.2 Å². The number of aromatic nitrogens is 2. The molecule has 174 valence electrons. The SMILES string of the molecule is CN=C(NCCN1CCN(c2cccc(C)c2C)CC1)N1CCOC(c2cnn(C)c2)C1. The van der Waals surface area contributed by atoms with Gasteiger partial charge in [-0.1, -0.05) is 12.1 Å². The van der Waals surface area contributed by atoms with Crippen LogP contribution in [0.5, 0.6) is 0 Å². The molecule has 3 heterocycles. The van der Waals surface area contributed by atoms with E-state index in [2.05, 4.69) is 62.2 Å². The fraction of sp³-hybridized carbons (Fsp3) is 0.583. The largest absolute Gasteiger partial charge is 0.370 e. The van der Waals surface area contributed by atoms with Crippen molar-refractivity contribution < 1.29 is 4.74 Å². The van der Waals surface area contributed by atoms with Crippen LogP contribution in [0.25, 0.3) is 0 Å². The molecule has 2 aromatic rings. The van der Waals surface area contributed by atoms with Crippen molar-refractivity contribution in [3.05, 3.63) is 47.3 Å². The topological polar surface area (TPSA) is 61.2 Å². The van der Waals surface area contributed by atoms with Crippen molar-refractivity contribution in [2.75, 3.05) is 70.9 Å². The molecule has 2 fully saturated rings. The molecule has 0 radical (unpaired) electrons. The molecule has 8 heteroatoms. The van der Waals surface area contributed by atoms with Crippen LogP contribution in [0.2, 0.25) is 0 Å². The number of piperazine rings is 1. The molecule has 1 aromatic carbocycles. The van der Waals surface area contributed by atoms with E-state index in [-0.39, 0.29) is 6.10 Å². The number of anilines is 1. The summed E-state index contributed by atoms with van der Waals surface area (Å²) >= 11 is 0. The van der Waals surface area contributed by atoms with Crippen LogP contribution in [0.15, 0.2) is 35.6 Å². The summed E-state index contributed by atoms with van der Waals surface area (Å²) in [6, 6.07) is 6.62. The average molecular weight is 440 g/mol. The van der Waals surface area contributed by atoms with Gasteiger partial charge in [0.15, 0.2) is 5.96 Å². The van der Waals surface area contributed by atoms with Crippen molar-refractivity contribution in [1.29, 1.82) is 0 Å². The summed E-state index contributed by atoms with van der Waals surface area (Å²) in [5.41, 5.74) is 5.28. The summed E-state index contributed by atoms with van der Waals surface area (Å²) in [5.74, 6) is 0.955. The Morgan fingerprint density at radius 2 is 2.00 bits per heavy atom. The number of morpholine rings is 1. The Hall–Kier alpha value is -2.58. The van der Waals surface area contributed by atoms with Crippen LogP contribution in [-0.2, 0) is 11.8 Å². The van der Waals surface area contributed by atoms with Crippen molar-refractivity contribution in [1.82, 2.24) is 24.9 Å². The van der Waals surface area contributed by atoms with Crippen LogP contribution in [0.3, 0.4) is 0 Å². The van der Waals surface area contributed by atoms with Gasteiger partial charge in [0.2, 0.25) is 0 Å². The van der Waals surface area contributed by atoms with Crippen molar-refractivity contribution >= 4 is 11.6 Å². The van der Waals surface area contributed by atoms with Crippen LogP contribution in [-0.4, -0.2) is 91.6 Å². The van der Waals surface area contributed by atoms with Crippen molar-refractivity contribution in [2.45, 2.75) is 20.0 Å². The van der Waals surface area contributed by atoms with Gasteiger partial charge in [0.05, 0.1) is 19.3 Å². The van der Waals surface area contributed by atoms with E-state index in [1.165, 1.54) is 16.8 Å². The number of benzene rings is 1. The number of nitrogens with one attached hydrogen (secondary N) is 1. The third-order valence-corrected chi connectivity index (χ3v) is 6.67. The lowest BCUT2D eigenvalue weighted by Crippen LogP contribution is -2.51. The van der Waals surface area contributed by atoms with Gasteiger partial charge in [-0.3, -0.25) is 14.6 Å². The molecule has 2 saturated heterocycles. The van der Waals surface area contributed by atoms with Gasteiger partial charge in [0.1, 0.15) is 6.10 Å². The van der Waals surface area contributed by atoms with Crippen LogP contribution in [0, 0.1) is 13.8 Å². The lowest BCUT2D eigenvalue weighted by Gasteiger charge is -2.37. The van der Waals surface area contributed by atoms with Crippen LogP contribution in [0.1, 0.15) is 22.8 Å². The van der Waals surface area contributed by atoms with Crippen molar-refractivity contribution in [3.8, 4) is 0 Å². The highest BCUT2D eigenvalue weighted by molar-refractivity contribution is 5.80. The first-order valence-electron chi connectivity index (χ1n) is 11.6. The number of guanidine groups is 1. The number of aliphatic imine (C=N–C) groups is 1. The average Bonchev–Trinajstić information content (AvgIpc) is 3.25. The fourth-order valence-electron chi connectivity index (χ4n) is 4.60. The zero-order valence-corrected chi connectivity index (χ0v) is 19.9. The third-order valence-electron chi connectivity index (χ3n) is 6.67. The molecule has 0 bridgehead atoms. The lowest BCUT2D eigenvalue weighted by atomic mass is 10.1. The van der Waals surface area contributed by atoms with Gasteiger partial charge >= 0.3 is 0 Å². The van der Waals surface area contributed by atoms with E-state index in [1.807, 2.05) is 31.2 Å². The minimum Gasteiger partial charge on any atom is -0.370 e. The summed E-state index contributed by atoms with van der Waals surface area (Å²) in [6.45, 7) is 13.0. The Balaban J connectivity index is 1.23. The number of rotatable bonds is 5. The smallest absolute Gasteiger partial charge is 0.193 e. The van der Waals surface area contributed by atoms with E-state index in [0.717, 1.165) is 63.9 Å². The second-order valence-electron chi connectivity index (χ2n) is 8.77. The van der Waals surface area contributed by atoms with Gasteiger partial charge in [0.25, 0.3) is 0 Å². The number of hydrogen-bond acceptors (Lipinski definition) is 5. The molecule has 32 heavy (non-hydrogen) atoms. The minimum absolute atomic E-state index is 0.0363. The summed E-state index contributed by atoms with van der Waals surface area (Å²) in [4.78, 5) is 11.9. The van der Waals surface area contributed by atoms with Crippen molar-refractivity contribution in [3.63, 3.8) is 0 Å². The van der Waals surface area contributed by atoms with Crippen molar-refractivity contribution in [2.24, 2.45) is 12.0 Å². The summed E-state index contributed by atoms with van der Waals surface area (Å²) in [6.07, 6.45) is 3.96. The Morgan fingerprint density at radius 3 is 2.72 bits per heavy atom. The molecule has 2 aliphatic rings. The number of hydrogen-bond donors (Lipinski definition) is 1. The monoisotopic (exact) mass is 439 g/mol. The molecular formula is C24H37N7O. The zero-order chi connectivity index (χ0) is 22.5. The van der Waals surface area contributed by atoms with E-state index >= 15 is 0 Å². The number of aryl methyl sites for hydroxylation is 2. The standard InChI is InChI=1S/C24H37N7O/c1-19-6-5-7-22(20(19)2)30-12-10-29(11-13-30)9-8-26-24(25-3)31-14-15-32-23(18-31)21-16-27-28(4)17-21/h5-7,16-17,23H,8-15,18H2,1-4H3,(H,25,26). The summed E-state index contributed by atoms with van der Waals surface area (Å²) in [7, 11) is 3.80. The normalized spacial score (nSPS) is 20.6. The molecule has 0 spiro atoms. The molecule has 1 unspecified atom stereocenters. The van der Waals surface area contributed by atoms with E-state index < -0.39 is 0 Å². The highest BCUT2D eigenvalue weighted by atomic mass is 16.5. The van der Waals surface area contributed by atoms with Gasteiger partial charge in [0, 0.05) is 77.4 Å². The minimum atomic E-state index is 0.0363. The molecule has 1 aromatic heterocycles. The van der Waals surface area contributed by atoms with Gasteiger partial charge in [-0.15, -0.1) is 0 Å². The first-order valence-corrected chi connectivity index (χ1v) is 11.6. The number of ether oxygens (including phenoxy) is 1. The first-order chi connectivity index (χ1) is 15.5. The number of nitrogens with zero attached hydrogens (tertiary/aromatic N) is 6. The Morgan fingerprint density at radius 1 is 1.19 bits per heavy atom. The predicted molar refractivity (Wildman–Crippen MR) is 129 cm³/mol. The summed E-state index contributed by atoms with van der Waals surface area (Å²) < 4.78 is 7.80. The molecule has 8 nitrogen and oxygen atoms in total. The molecule has 0 saturated carbocycles. The second kappa shape index (κ2) is 10.4. The molecule has 2 aliphatic heterocycles.